The van der Waals surface area contributed by atoms with E-state index in [1.54, 1.807) is 0 Å². The van der Waals surface area contributed by atoms with Crippen molar-refractivity contribution in [2.75, 3.05) is 0 Å². The van der Waals surface area contributed by atoms with Crippen LogP contribution in [0.3, 0.4) is 0 Å². The summed E-state index contributed by atoms with van der Waals surface area (Å²) in [6, 6.07) is 6.89. The molecule has 0 unspecified atom stereocenters. The average molecular weight is 286 g/mol. The highest BCUT2D eigenvalue weighted by atomic mass is 16.3. The van der Waals surface area contributed by atoms with Gasteiger partial charge in [0.15, 0.2) is 0 Å². The van der Waals surface area contributed by atoms with Gasteiger partial charge in [0, 0.05) is 6.42 Å². The minimum Gasteiger partial charge on any atom is -0.390 e. The highest BCUT2D eigenvalue weighted by molar-refractivity contribution is 5.36. The molecule has 1 aromatic carbocycles. The van der Waals surface area contributed by atoms with Gasteiger partial charge < -0.3 is 5.11 Å². The van der Waals surface area contributed by atoms with Crippen LogP contribution in [0.4, 0.5) is 0 Å². The second-order valence-electron chi connectivity index (χ2n) is 9.22. The number of benzene rings is 1. The Hall–Kier alpha value is -0.820. The predicted octanol–water partition coefficient (Wildman–Crippen LogP) is 4.69. The second kappa shape index (κ2) is 4.84. The first-order chi connectivity index (χ1) is 9.67. The third-order valence-corrected chi connectivity index (χ3v) is 5.27. The first-order valence-electron chi connectivity index (χ1n) is 8.50. The largest absolute Gasteiger partial charge is 0.390 e. The standard InChI is InChI=1S/C20H30O/c1-18(2)12-19(3,4)14-20(21,13-18)11-15-8-9-16-6-5-7-17(16)10-15/h8-10,21H,5-7,11-14H2,1-4H3. The van der Waals surface area contributed by atoms with Crippen molar-refractivity contribution in [2.24, 2.45) is 10.8 Å². The molecule has 1 saturated carbocycles. The molecule has 1 fully saturated rings. The smallest absolute Gasteiger partial charge is 0.0698 e. The third kappa shape index (κ3) is 3.34. The summed E-state index contributed by atoms with van der Waals surface area (Å²) in [4.78, 5) is 0. The summed E-state index contributed by atoms with van der Waals surface area (Å²) in [5.41, 5.74) is 4.28. The van der Waals surface area contributed by atoms with Crippen molar-refractivity contribution < 1.29 is 5.11 Å². The lowest BCUT2D eigenvalue weighted by Gasteiger charge is -2.49. The van der Waals surface area contributed by atoms with Crippen molar-refractivity contribution in [1.82, 2.24) is 0 Å². The van der Waals surface area contributed by atoms with Gasteiger partial charge in [0.25, 0.3) is 0 Å². The van der Waals surface area contributed by atoms with E-state index in [-0.39, 0.29) is 10.8 Å². The molecule has 0 bridgehead atoms. The van der Waals surface area contributed by atoms with Gasteiger partial charge in [-0.05, 0) is 66.0 Å². The van der Waals surface area contributed by atoms with E-state index in [4.69, 9.17) is 0 Å². The number of hydrogen-bond acceptors (Lipinski definition) is 1. The van der Waals surface area contributed by atoms with E-state index < -0.39 is 5.60 Å². The van der Waals surface area contributed by atoms with Crippen molar-refractivity contribution in [2.45, 2.75) is 78.2 Å². The number of rotatable bonds is 2. The van der Waals surface area contributed by atoms with Crippen molar-refractivity contribution in [3.8, 4) is 0 Å². The Labute approximate surface area is 129 Å². The zero-order chi connectivity index (χ0) is 15.3. The van der Waals surface area contributed by atoms with Crippen LogP contribution in [-0.4, -0.2) is 10.7 Å². The van der Waals surface area contributed by atoms with Gasteiger partial charge in [-0.15, -0.1) is 0 Å². The van der Waals surface area contributed by atoms with E-state index in [1.807, 2.05) is 0 Å². The first kappa shape index (κ1) is 15.1. The van der Waals surface area contributed by atoms with Crippen LogP contribution in [0, 0.1) is 10.8 Å². The van der Waals surface area contributed by atoms with Crippen molar-refractivity contribution in [3.05, 3.63) is 34.9 Å². The molecule has 0 atom stereocenters. The van der Waals surface area contributed by atoms with Crippen LogP contribution in [0.1, 0.15) is 70.1 Å². The van der Waals surface area contributed by atoms with E-state index in [0.717, 1.165) is 19.3 Å². The summed E-state index contributed by atoms with van der Waals surface area (Å²) >= 11 is 0. The molecule has 0 heterocycles. The Kier molecular flexibility index (Phi) is 3.48. The number of aryl methyl sites for hydroxylation is 2. The predicted molar refractivity (Wildman–Crippen MR) is 88.5 cm³/mol. The quantitative estimate of drug-likeness (QED) is 0.836. The molecule has 0 saturated heterocycles. The lowest BCUT2D eigenvalue weighted by atomic mass is 9.58. The Bertz CT molecular complexity index is 523. The molecule has 0 spiro atoms. The maximum atomic E-state index is 11.2. The van der Waals surface area contributed by atoms with E-state index >= 15 is 0 Å². The highest BCUT2D eigenvalue weighted by Gasteiger charge is 2.46. The van der Waals surface area contributed by atoms with Gasteiger partial charge in [-0.1, -0.05) is 45.9 Å². The van der Waals surface area contributed by atoms with E-state index in [9.17, 15) is 5.11 Å². The topological polar surface area (TPSA) is 20.2 Å². The van der Waals surface area contributed by atoms with E-state index in [2.05, 4.69) is 45.9 Å². The summed E-state index contributed by atoms with van der Waals surface area (Å²) in [6.07, 6.45) is 7.60. The molecule has 3 rings (SSSR count). The molecule has 0 aromatic heterocycles. The maximum absolute atomic E-state index is 11.2. The van der Waals surface area contributed by atoms with Crippen LogP contribution >= 0.6 is 0 Å². The van der Waals surface area contributed by atoms with Crippen molar-refractivity contribution in [1.29, 1.82) is 0 Å². The molecule has 1 aromatic rings. The van der Waals surface area contributed by atoms with Crippen LogP contribution in [0.15, 0.2) is 18.2 Å². The van der Waals surface area contributed by atoms with Crippen LogP contribution < -0.4 is 0 Å². The first-order valence-corrected chi connectivity index (χ1v) is 8.50. The number of hydrogen-bond donors (Lipinski definition) is 1. The summed E-state index contributed by atoms with van der Waals surface area (Å²) in [5, 5.41) is 11.2. The highest BCUT2D eigenvalue weighted by Crippen LogP contribution is 2.51. The minimum atomic E-state index is -0.544. The molecular formula is C20H30O. The SMILES string of the molecule is CC1(C)CC(C)(C)CC(O)(Cc2ccc3c(c2)CCC3)C1. The normalized spacial score (nSPS) is 25.6. The molecule has 21 heavy (non-hydrogen) atoms. The second-order valence-corrected chi connectivity index (χ2v) is 9.22. The monoisotopic (exact) mass is 286 g/mol. The molecule has 2 aliphatic carbocycles. The van der Waals surface area contributed by atoms with Crippen LogP contribution in [-0.2, 0) is 19.3 Å². The van der Waals surface area contributed by atoms with Gasteiger partial charge in [-0.3, -0.25) is 0 Å². The molecule has 1 N–H and O–H groups in total. The Morgan fingerprint density at radius 1 is 0.905 bits per heavy atom. The van der Waals surface area contributed by atoms with Crippen LogP contribution in [0.25, 0.3) is 0 Å². The Balaban J connectivity index is 1.82. The molecule has 1 heteroatoms. The molecule has 2 aliphatic rings. The van der Waals surface area contributed by atoms with Gasteiger partial charge >= 0.3 is 0 Å². The fourth-order valence-corrected chi connectivity index (χ4v) is 5.50. The molecule has 0 amide bonds. The van der Waals surface area contributed by atoms with Gasteiger partial charge in [0.1, 0.15) is 0 Å². The summed E-state index contributed by atoms with van der Waals surface area (Å²) in [6.45, 7) is 9.23. The fourth-order valence-electron chi connectivity index (χ4n) is 5.50. The van der Waals surface area contributed by atoms with Crippen LogP contribution in [0.5, 0.6) is 0 Å². The van der Waals surface area contributed by atoms with E-state index in [1.165, 1.54) is 42.4 Å². The Morgan fingerprint density at radius 3 is 2.19 bits per heavy atom. The lowest BCUT2D eigenvalue weighted by molar-refractivity contribution is -0.0851. The maximum Gasteiger partial charge on any atom is 0.0698 e. The number of fused-ring (bicyclic) bond motifs is 1. The van der Waals surface area contributed by atoms with Gasteiger partial charge in [-0.2, -0.15) is 0 Å². The van der Waals surface area contributed by atoms with E-state index in [0.29, 0.717) is 0 Å². The minimum absolute atomic E-state index is 0.229. The summed E-state index contributed by atoms with van der Waals surface area (Å²) in [5.74, 6) is 0. The van der Waals surface area contributed by atoms with Gasteiger partial charge in [-0.25, -0.2) is 0 Å². The molecule has 0 aliphatic heterocycles. The third-order valence-electron chi connectivity index (χ3n) is 5.27. The molecule has 116 valence electrons. The molecule has 0 radical (unpaired) electrons. The summed E-state index contributed by atoms with van der Waals surface area (Å²) in [7, 11) is 0. The molecular weight excluding hydrogens is 256 g/mol. The molecule has 1 nitrogen and oxygen atoms in total. The average Bonchev–Trinajstić information content (AvgIpc) is 2.69. The Morgan fingerprint density at radius 2 is 1.52 bits per heavy atom. The van der Waals surface area contributed by atoms with Crippen LogP contribution in [0.2, 0.25) is 0 Å². The summed E-state index contributed by atoms with van der Waals surface area (Å²) < 4.78 is 0. The zero-order valence-electron chi connectivity index (χ0n) is 14.1. The number of aliphatic hydroxyl groups is 1. The fraction of sp³-hybridized carbons (Fsp3) is 0.700. The van der Waals surface area contributed by atoms with Gasteiger partial charge in [0.05, 0.1) is 5.60 Å². The zero-order valence-corrected chi connectivity index (χ0v) is 14.1. The van der Waals surface area contributed by atoms with Gasteiger partial charge in [0.2, 0.25) is 0 Å². The lowest BCUT2D eigenvalue weighted by Crippen LogP contribution is -2.47. The van der Waals surface area contributed by atoms with Crippen molar-refractivity contribution in [3.63, 3.8) is 0 Å². The van der Waals surface area contributed by atoms with Crippen molar-refractivity contribution >= 4 is 0 Å².